The van der Waals surface area contributed by atoms with E-state index in [0.717, 1.165) is 12.4 Å². The molecule has 0 spiro atoms. The molecule has 0 aromatic carbocycles. The highest BCUT2D eigenvalue weighted by molar-refractivity contribution is 5.81. The number of carbonyl (C=O) groups is 2. The highest BCUT2D eigenvalue weighted by Crippen LogP contribution is 2.42. The van der Waals surface area contributed by atoms with Gasteiger partial charge in [0.2, 0.25) is 5.91 Å². The minimum Gasteiger partial charge on any atom is -0.481 e. The summed E-state index contributed by atoms with van der Waals surface area (Å²) in [4.78, 5) is 32.0. The lowest BCUT2D eigenvalue weighted by Gasteiger charge is -2.24. The molecule has 0 unspecified atom stereocenters. The number of hydrogen-bond acceptors (Lipinski definition) is 4. The Kier molecular flexibility index (Phi) is 3.24. The van der Waals surface area contributed by atoms with E-state index in [2.05, 4.69) is 4.98 Å². The van der Waals surface area contributed by atoms with E-state index in [1.165, 1.54) is 0 Å². The molecule has 3 heterocycles. The van der Waals surface area contributed by atoms with E-state index in [0.29, 0.717) is 19.6 Å². The number of carboxylic acid groups (broad SMARTS) is 1. The van der Waals surface area contributed by atoms with Gasteiger partial charge in [0, 0.05) is 44.5 Å². The van der Waals surface area contributed by atoms with Gasteiger partial charge < -0.3 is 19.5 Å². The van der Waals surface area contributed by atoms with Crippen LogP contribution in [-0.2, 0) is 16.1 Å². The zero-order chi connectivity index (χ0) is 15.2. The van der Waals surface area contributed by atoms with Crippen LogP contribution in [0, 0.1) is 18.3 Å². The highest BCUT2D eigenvalue weighted by atomic mass is 16.4. The van der Waals surface area contributed by atoms with Crippen LogP contribution in [0.5, 0.6) is 0 Å². The number of aryl methyl sites for hydroxylation is 1. The van der Waals surface area contributed by atoms with E-state index in [1.807, 2.05) is 18.9 Å². The molecular weight excluding hydrogens is 272 g/mol. The molecule has 0 bridgehead atoms. The van der Waals surface area contributed by atoms with Crippen molar-refractivity contribution in [1.82, 2.24) is 19.4 Å². The monoisotopic (exact) mass is 292 g/mol. The number of aliphatic carboxylic acids is 1. The molecule has 1 N–H and O–H groups in total. The number of imidazole rings is 1. The largest absolute Gasteiger partial charge is 0.481 e. The second-order valence-corrected chi connectivity index (χ2v) is 6.23. The molecular formula is C14H20N4O3. The van der Waals surface area contributed by atoms with Crippen molar-refractivity contribution in [2.75, 3.05) is 33.2 Å². The number of fused-ring (bicyclic) bond motifs is 1. The molecule has 7 nitrogen and oxygen atoms in total. The third-order valence-electron chi connectivity index (χ3n) is 4.79. The van der Waals surface area contributed by atoms with Gasteiger partial charge in [-0.1, -0.05) is 0 Å². The third-order valence-corrected chi connectivity index (χ3v) is 4.79. The Hall–Kier alpha value is -1.89. The molecule has 2 aliphatic rings. The van der Waals surface area contributed by atoms with Crippen LogP contribution in [-0.4, -0.2) is 69.6 Å². The minimum atomic E-state index is -0.797. The van der Waals surface area contributed by atoms with Gasteiger partial charge in [-0.2, -0.15) is 0 Å². The van der Waals surface area contributed by atoms with Gasteiger partial charge in [-0.3, -0.25) is 9.59 Å². The Labute approximate surface area is 123 Å². The Morgan fingerprint density at radius 2 is 2.19 bits per heavy atom. The molecule has 0 saturated carbocycles. The Balaban J connectivity index is 1.73. The first-order chi connectivity index (χ1) is 9.92. The normalized spacial score (nSPS) is 28.9. The van der Waals surface area contributed by atoms with E-state index in [4.69, 9.17) is 0 Å². The van der Waals surface area contributed by atoms with Gasteiger partial charge in [-0.15, -0.1) is 0 Å². The number of hydrogen-bond donors (Lipinski definition) is 1. The highest BCUT2D eigenvalue weighted by Gasteiger charge is 2.57. The quantitative estimate of drug-likeness (QED) is 0.825. The maximum absolute atomic E-state index is 12.4. The van der Waals surface area contributed by atoms with Crippen LogP contribution in [0.4, 0.5) is 0 Å². The predicted molar refractivity (Wildman–Crippen MR) is 74.6 cm³/mol. The molecule has 3 rings (SSSR count). The summed E-state index contributed by atoms with van der Waals surface area (Å²) in [6, 6.07) is 0. The third kappa shape index (κ3) is 2.21. The summed E-state index contributed by atoms with van der Waals surface area (Å²) in [5.41, 5.74) is -0.797. The molecule has 1 aromatic rings. The molecule has 2 aliphatic heterocycles. The summed E-state index contributed by atoms with van der Waals surface area (Å²) in [5, 5.41) is 9.61. The van der Waals surface area contributed by atoms with Gasteiger partial charge in [-0.05, 0) is 14.0 Å². The maximum atomic E-state index is 12.4. The molecule has 114 valence electrons. The fourth-order valence-corrected chi connectivity index (χ4v) is 3.63. The van der Waals surface area contributed by atoms with E-state index in [9.17, 15) is 14.7 Å². The minimum absolute atomic E-state index is 0.0211. The number of nitrogens with zero attached hydrogens (tertiary/aromatic N) is 4. The first-order valence-electron chi connectivity index (χ1n) is 7.10. The van der Waals surface area contributed by atoms with Crippen molar-refractivity contribution in [3.8, 4) is 0 Å². The number of carboxylic acids is 1. The Bertz CT molecular complexity index is 585. The molecule has 7 heteroatoms. The number of aromatic nitrogens is 2. The molecule has 1 amide bonds. The lowest BCUT2D eigenvalue weighted by molar-refractivity contribution is -0.149. The van der Waals surface area contributed by atoms with Crippen molar-refractivity contribution in [3.05, 3.63) is 18.2 Å². The molecule has 21 heavy (non-hydrogen) atoms. The molecule has 0 radical (unpaired) electrons. The average Bonchev–Trinajstić information content (AvgIpc) is 3.03. The van der Waals surface area contributed by atoms with Gasteiger partial charge in [0.25, 0.3) is 0 Å². The van der Waals surface area contributed by atoms with Crippen LogP contribution in [0.3, 0.4) is 0 Å². The zero-order valence-electron chi connectivity index (χ0n) is 12.3. The van der Waals surface area contributed by atoms with Crippen LogP contribution < -0.4 is 0 Å². The smallest absolute Gasteiger partial charge is 0.313 e. The summed E-state index contributed by atoms with van der Waals surface area (Å²) in [7, 11) is 1.93. The summed E-state index contributed by atoms with van der Waals surface area (Å²) >= 11 is 0. The fourth-order valence-electron chi connectivity index (χ4n) is 3.63. The van der Waals surface area contributed by atoms with Crippen molar-refractivity contribution in [3.63, 3.8) is 0 Å². The molecule has 0 aliphatic carbocycles. The summed E-state index contributed by atoms with van der Waals surface area (Å²) in [6.07, 6.45) is 3.43. The van der Waals surface area contributed by atoms with E-state index in [1.54, 1.807) is 21.9 Å². The van der Waals surface area contributed by atoms with Crippen molar-refractivity contribution in [2.24, 2.45) is 11.3 Å². The molecule has 2 saturated heterocycles. The SMILES string of the molecule is Cc1nccn1CC(=O)N1C[C@@H]2CN(C)C[C@]2(C(=O)O)C1. The average molecular weight is 292 g/mol. The van der Waals surface area contributed by atoms with Crippen molar-refractivity contribution in [1.29, 1.82) is 0 Å². The van der Waals surface area contributed by atoms with Crippen LogP contribution in [0.25, 0.3) is 0 Å². The summed E-state index contributed by atoms with van der Waals surface area (Å²) in [6.45, 7) is 4.16. The van der Waals surface area contributed by atoms with Crippen LogP contribution in [0.1, 0.15) is 5.82 Å². The van der Waals surface area contributed by atoms with E-state index < -0.39 is 11.4 Å². The standard InChI is InChI=1S/C14H20N4O3/c1-10-15-3-4-17(10)7-12(19)18-6-11-5-16(2)8-14(11,9-18)13(20)21/h3-4,11H,5-9H2,1-2H3,(H,20,21)/t11-,14-/m0/s1. The van der Waals surface area contributed by atoms with Gasteiger partial charge in [0.1, 0.15) is 17.8 Å². The number of carbonyl (C=O) groups excluding carboxylic acids is 1. The van der Waals surface area contributed by atoms with Gasteiger partial charge >= 0.3 is 5.97 Å². The predicted octanol–water partition coefficient (Wildman–Crippen LogP) is -0.334. The Morgan fingerprint density at radius 1 is 1.43 bits per heavy atom. The van der Waals surface area contributed by atoms with Gasteiger partial charge in [0.05, 0.1) is 0 Å². The maximum Gasteiger partial charge on any atom is 0.313 e. The van der Waals surface area contributed by atoms with Gasteiger partial charge in [-0.25, -0.2) is 4.98 Å². The first kappa shape index (κ1) is 14.1. The number of rotatable bonds is 3. The van der Waals surface area contributed by atoms with Crippen molar-refractivity contribution in [2.45, 2.75) is 13.5 Å². The number of amides is 1. The summed E-state index contributed by atoms with van der Waals surface area (Å²) < 4.78 is 1.79. The second-order valence-electron chi connectivity index (χ2n) is 6.23. The van der Waals surface area contributed by atoms with Crippen LogP contribution in [0.2, 0.25) is 0 Å². The van der Waals surface area contributed by atoms with E-state index >= 15 is 0 Å². The first-order valence-corrected chi connectivity index (χ1v) is 7.10. The topological polar surface area (TPSA) is 78.7 Å². The lowest BCUT2D eigenvalue weighted by atomic mass is 9.81. The van der Waals surface area contributed by atoms with E-state index in [-0.39, 0.29) is 18.4 Å². The zero-order valence-corrected chi connectivity index (χ0v) is 12.3. The lowest BCUT2D eigenvalue weighted by Crippen LogP contribution is -2.42. The number of likely N-dealkylation sites (tertiary alicyclic amines) is 2. The summed E-state index contributed by atoms with van der Waals surface area (Å²) in [5.74, 6) is -0.0111. The fraction of sp³-hybridized carbons (Fsp3) is 0.643. The molecule has 2 atom stereocenters. The van der Waals surface area contributed by atoms with Crippen LogP contribution >= 0.6 is 0 Å². The van der Waals surface area contributed by atoms with Crippen LogP contribution in [0.15, 0.2) is 12.4 Å². The van der Waals surface area contributed by atoms with Crippen molar-refractivity contribution >= 4 is 11.9 Å². The molecule has 1 aromatic heterocycles. The Morgan fingerprint density at radius 3 is 2.76 bits per heavy atom. The van der Waals surface area contributed by atoms with Gasteiger partial charge in [0.15, 0.2) is 0 Å². The van der Waals surface area contributed by atoms with Crippen molar-refractivity contribution < 1.29 is 14.7 Å². The second kappa shape index (κ2) is 4.84. The molecule has 2 fully saturated rings.